The molecule has 0 radical (unpaired) electrons. The van der Waals surface area contributed by atoms with Gasteiger partial charge in [0.15, 0.2) is 0 Å². The van der Waals surface area contributed by atoms with E-state index in [1.165, 1.54) is 48.2 Å². The fourth-order valence-electron chi connectivity index (χ4n) is 3.85. The van der Waals surface area contributed by atoms with Crippen molar-refractivity contribution < 1.29 is 30.4 Å². The summed E-state index contributed by atoms with van der Waals surface area (Å²) in [5, 5.41) is 12.2. The molecular weight excluding hydrogens is 484 g/mol. The summed E-state index contributed by atoms with van der Waals surface area (Å²) in [4.78, 5) is 0. The summed E-state index contributed by atoms with van der Waals surface area (Å²) in [7, 11) is -4.18. The number of halogens is 4. The van der Waals surface area contributed by atoms with Crippen LogP contribution in [-0.4, -0.2) is 41.0 Å². The molecule has 1 atom stereocenters. The average Bonchev–Trinajstić information content (AvgIpc) is 3.26. The van der Waals surface area contributed by atoms with Gasteiger partial charge in [0.2, 0.25) is 5.89 Å². The first-order valence-corrected chi connectivity index (χ1v) is 12.3. The van der Waals surface area contributed by atoms with Crippen LogP contribution in [0.15, 0.2) is 46.9 Å². The van der Waals surface area contributed by atoms with E-state index < -0.39 is 39.7 Å². The molecule has 1 aromatic heterocycles. The number of nitrogens with two attached hydrogens (primary N) is 1. The number of hydrogen-bond donors (Lipinski definition) is 1. The van der Waals surface area contributed by atoms with E-state index in [0.29, 0.717) is 11.3 Å². The van der Waals surface area contributed by atoms with Gasteiger partial charge in [-0.15, -0.1) is 10.2 Å². The molecule has 1 aliphatic rings. The quantitative estimate of drug-likeness (QED) is 0.517. The van der Waals surface area contributed by atoms with Crippen LogP contribution in [0.5, 0.6) is 0 Å². The van der Waals surface area contributed by atoms with Crippen LogP contribution in [0, 0.1) is 11.6 Å². The summed E-state index contributed by atoms with van der Waals surface area (Å²) in [6.45, 7) is 0.0962. The predicted octanol–water partition coefficient (Wildman–Crippen LogP) is 3.64. The van der Waals surface area contributed by atoms with Crippen LogP contribution < -0.4 is 5.14 Å². The standard InChI is InChI=1S/C20H18F4N4O3S2/c21-15-5-3-14(4-6-15)20(11-32-8-7-28(20)33(25,29)30)10-13-2-1-12(9-16(13)22)18-26-27-19(31-18)17(23)24/h1-6,9,17H,7-8,10-11H2,(H2,25,29,30). The van der Waals surface area contributed by atoms with E-state index in [1.54, 1.807) is 0 Å². The summed E-state index contributed by atoms with van der Waals surface area (Å²) < 4.78 is 85.0. The Morgan fingerprint density at radius 2 is 1.88 bits per heavy atom. The summed E-state index contributed by atoms with van der Waals surface area (Å²) in [6.07, 6.45) is -3.06. The first kappa shape index (κ1) is 23.7. The number of alkyl halides is 2. The highest BCUT2D eigenvalue weighted by Gasteiger charge is 2.46. The van der Waals surface area contributed by atoms with Gasteiger partial charge in [-0.25, -0.2) is 13.9 Å². The van der Waals surface area contributed by atoms with Gasteiger partial charge in [0.1, 0.15) is 11.6 Å². The highest BCUT2D eigenvalue weighted by molar-refractivity contribution is 7.99. The molecular formula is C20H18F4N4O3S2. The zero-order chi connectivity index (χ0) is 23.8. The van der Waals surface area contributed by atoms with Gasteiger partial charge in [0.05, 0.1) is 5.54 Å². The smallest absolute Gasteiger partial charge is 0.314 e. The van der Waals surface area contributed by atoms with Gasteiger partial charge < -0.3 is 4.42 Å². The number of hydrogen-bond acceptors (Lipinski definition) is 6. The molecule has 1 unspecified atom stereocenters. The van der Waals surface area contributed by atoms with Gasteiger partial charge in [-0.3, -0.25) is 0 Å². The van der Waals surface area contributed by atoms with E-state index in [-0.39, 0.29) is 35.7 Å². The second-order valence-corrected chi connectivity index (χ2v) is 10.0. The summed E-state index contributed by atoms with van der Waals surface area (Å²) >= 11 is 1.47. The number of rotatable bonds is 6. The van der Waals surface area contributed by atoms with Crippen molar-refractivity contribution in [3.05, 3.63) is 71.1 Å². The van der Waals surface area contributed by atoms with Crippen molar-refractivity contribution >= 4 is 22.0 Å². The van der Waals surface area contributed by atoms with E-state index >= 15 is 4.39 Å². The molecule has 0 saturated carbocycles. The second kappa shape index (κ2) is 9.05. The monoisotopic (exact) mass is 502 g/mol. The molecule has 3 aromatic rings. The van der Waals surface area contributed by atoms with Crippen LogP contribution in [0.2, 0.25) is 0 Å². The third-order valence-corrected chi connectivity index (χ3v) is 7.66. The fraction of sp³-hybridized carbons (Fsp3) is 0.300. The summed E-state index contributed by atoms with van der Waals surface area (Å²) in [5.74, 6) is -1.63. The van der Waals surface area contributed by atoms with Crippen LogP contribution in [0.25, 0.3) is 11.5 Å². The molecule has 4 rings (SSSR count). The zero-order valence-corrected chi connectivity index (χ0v) is 18.6. The Bertz CT molecular complexity index is 1250. The van der Waals surface area contributed by atoms with Crippen LogP contribution in [0.3, 0.4) is 0 Å². The van der Waals surface area contributed by atoms with E-state index in [4.69, 9.17) is 9.56 Å². The normalized spacial score (nSPS) is 19.8. The van der Waals surface area contributed by atoms with Crippen molar-refractivity contribution in [2.75, 3.05) is 18.1 Å². The molecule has 7 nitrogen and oxygen atoms in total. The van der Waals surface area contributed by atoms with Crippen molar-refractivity contribution in [1.29, 1.82) is 0 Å². The lowest BCUT2D eigenvalue weighted by atomic mass is 9.84. The van der Waals surface area contributed by atoms with Gasteiger partial charge in [-0.1, -0.05) is 18.2 Å². The molecule has 0 bridgehead atoms. The van der Waals surface area contributed by atoms with Crippen LogP contribution in [0.1, 0.15) is 23.4 Å². The molecule has 2 heterocycles. The third-order valence-electron chi connectivity index (χ3n) is 5.36. The number of aromatic nitrogens is 2. The average molecular weight is 503 g/mol. The van der Waals surface area contributed by atoms with Crippen molar-refractivity contribution in [1.82, 2.24) is 14.5 Å². The summed E-state index contributed by atoms with van der Waals surface area (Å²) in [6, 6.07) is 9.17. The Kier molecular flexibility index (Phi) is 6.49. The minimum atomic E-state index is -4.18. The lowest BCUT2D eigenvalue weighted by Gasteiger charge is -2.45. The lowest BCUT2D eigenvalue weighted by molar-refractivity contribution is 0.116. The lowest BCUT2D eigenvalue weighted by Crippen LogP contribution is -2.57. The molecule has 1 fully saturated rings. The number of nitrogens with zero attached hydrogens (tertiary/aromatic N) is 3. The van der Waals surface area contributed by atoms with Gasteiger partial charge in [-0.2, -0.15) is 33.3 Å². The Hall–Kier alpha value is -2.48. The molecule has 1 saturated heterocycles. The van der Waals surface area contributed by atoms with Gasteiger partial charge in [0, 0.05) is 23.6 Å². The summed E-state index contributed by atoms with van der Waals surface area (Å²) in [5.41, 5.74) is -0.562. The first-order valence-electron chi connectivity index (χ1n) is 9.65. The molecule has 0 spiro atoms. The van der Waals surface area contributed by atoms with E-state index in [2.05, 4.69) is 10.2 Å². The van der Waals surface area contributed by atoms with Crippen LogP contribution in [0.4, 0.5) is 17.6 Å². The maximum atomic E-state index is 15.1. The van der Waals surface area contributed by atoms with Gasteiger partial charge >= 0.3 is 6.43 Å². The van der Waals surface area contributed by atoms with Crippen molar-refractivity contribution in [3.63, 3.8) is 0 Å². The predicted molar refractivity (Wildman–Crippen MR) is 114 cm³/mol. The fourth-order valence-corrected chi connectivity index (χ4v) is 6.34. The van der Waals surface area contributed by atoms with E-state index in [1.807, 2.05) is 0 Å². The molecule has 0 aliphatic carbocycles. The first-order chi connectivity index (χ1) is 15.6. The van der Waals surface area contributed by atoms with Crippen LogP contribution in [-0.2, 0) is 22.2 Å². The van der Waals surface area contributed by atoms with Crippen molar-refractivity contribution in [2.24, 2.45) is 5.14 Å². The molecule has 1 aliphatic heterocycles. The molecule has 176 valence electrons. The van der Waals surface area contributed by atoms with Crippen molar-refractivity contribution in [2.45, 2.75) is 18.4 Å². The number of benzene rings is 2. The largest absolute Gasteiger partial charge is 0.415 e. The highest BCUT2D eigenvalue weighted by atomic mass is 32.2. The third kappa shape index (κ3) is 4.76. The van der Waals surface area contributed by atoms with Crippen LogP contribution >= 0.6 is 11.8 Å². The minimum Gasteiger partial charge on any atom is -0.415 e. The molecule has 2 N–H and O–H groups in total. The van der Waals surface area contributed by atoms with E-state index in [9.17, 15) is 21.6 Å². The molecule has 2 aromatic carbocycles. The minimum absolute atomic E-state index is 0.0906. The maximum absolute atomic E-state index is 15.1. The molecule has 0 amide bonds. The zero-order valence-electron chi connectivity index (χ0n) is 16.9. The molecule has 13 heteroatoms. The number of thioether (sulfide) groups is 1. The topological polar surface area (TPSA) is 102 Å². The SMILES string of the molecule is NS(=O)(=O)N1CCSCC1(Cc1ccc(-c2nnc(C(F)F)o2)cc1F)c1ccc(F)cc1. The highest BCUT2D eigenvalue weighted by Crippen LogP contribution is 2.41. The van der Waals surface area contributed by atoms with Crippen molar-refractivity contribution in [3.8, 4) is 11.5 Å². The molecule has 33 heavy (non-hydrogen) atoms. The van der Waals surface area contributed by atoms with Gasteiger partial charge in [-0.05, 0) is 41.8 Å². The van der Waals surface area contributed by atoms with E-state index in [0.717, 1.165) is 10.4 Å². The Morgan fingerprint density at radius 3 is 2.48 bits per heavy atom. The maximum Gasteiger partial charge on any atom is 0.314 e. The second-order valence-electron chi connectivity index (χ2n) is 7.44. The Labute approximate surface area is 191 Å². The Balaban J connectivity index is 1.75. The van der Waals surface area contributed by atoms with Gasteiger partial charge in [0.25, 0.3) is 16.1 Å². The Morgan fingerprint density at radius 1 is 1.15 bits per heavy atom.